The lowest BCUT2D eigenvalue weighted by molar-refractivity contribution is 0.100. The molecular weight excluding hydrogens is 247 g/mol. The van der Waals surface area contributed by atoms with E-state index < -0.39 is 5.91 Å². The van der Waals surface area contributed by atoms with Gasteiger partial charge >= 0.3 is 0 Å². The molecule has 0 saturated carbocycles. The number of pyridine rings is 1. The lowest BCUT2D eigenvalue weighted by atomic mass is 10.2. The van der Waals surface area contributed by atoms with Crippen molar-refractivity contribution < 1.29 is 9.18 Å². The molecule has 0 atom stereocenters. The highest BCUT2D eigenvalue weighted by Gasteiger charge is 2.11. The number of nitrogen functional groups attached to an aromatic ring is 1. The van der Waals surface area contributed by atoms with E-state index in [4.69, 9.17) is 11.5 Å². The zero-order valence-corrected chi connectivity index (χ0v) is 10.3. The standard InChI is InChI=1S/C13H13FN4O/c1-18(9-4-2-8(14)3-5-9)12-6-10(13(16)19)11(15)7-17-12/h2-7H,15H2,1H3,(H2,16,19). The number of carbonyl (C=O) groups excluding carboxylic acids is 1. The maximum Gasteiger partial charge on any atom is 0.250 e. The highest BCUT2D eigenvalue weighted by molar-refractivity contribution is 5.98. The van der Waals surface area contributed by atoms with Crippen molar-refractivity contribution in [1.29, 1.82) is 0 Å². The Morgan fingerprint density at radius 1 is 1.32 bits per heavy atom. The van der Waals surface area contributed by atoms with E-state index in [0.29, 0.717) is 5.82 Å². The van der Waals surface area contributed by atoms with Crippen LogP contribution in [0.3, 0.4) is 0 Å². The van der Waals surface area contributed by atoms with Crippen molar-refractivity contribution in [3.8, 4) is 0 Å². The summed E-state index contributed by atoms with van der Waals surface area (Å²) >= 11 is 0. The van der Waals surface area contributed by atoms with Crippen LogP contribution in [0, 0.1) is 5.82 Å². The Labute approximate surface area is 109 Å². The maximum absolute atomic E-state index is 12.9. The minimum atomic E-state index is -0.617. The molecule has 1 amide bonds. The summed E-state index contributed by atoms with van der Waals surface area (Å²) in [6.45, 7) is 0. The quantitative estimate of drug-likeness (QED) is 0.879. The van der Waals surface area contributed by atoms with E-state index in [0.717, 1.165) is 5.69 Å². The van der Waals surface area contributed by atoms with Gasteiger partial charge in [-0.25, -0.2) is 9.37 Å². The fourth-order valence-electron chi connectivity index (χ4n) is 1.65. The van der Waals surface area contributed by atoms with Crippen LogP contribution in [0.15, 0.2) is 36.5 Å². The topological polar surface area (TPSA) is 85.2 Å². The monoisotopic (exact) mass is 260 g/mol. The normalized spacial score (nSPS) is 10.2. The fraction of sp³-hybridized carbons (Fsp3) is 0.0769. The van der Waals surface area contributed by atoms with Crippen LogP contribution >= 0.6 is 0 Å². The van der Waals surface area contributed by atoms with Crippen LogP contribution in [0.4, 0.5) is 21.6 Å². The number of hydrogen-bond donors (Lipinski definition) is 2. The first-order valence-corrected chi connectivity index (χ1v) is 5.53. The van der Waals surface area contributed by atoms with Crippen LogP contribution in [0.2, 0.25) is 0 Å². The third kappa shape index (κ3) is 2.62. The maximum atomic E-state index is 12.9. The van der Waals surface area contributed by atoms with E-state index in [1.807, 2.05) is 0 Å². The number of hydrogen-bond acceptors (Lipinski definition) is 4. The summed E-state index contributed by atoms with van der Waals surface area (Å²) in [7, 11) is 1.75. The lowest BCUT2D eigenvalue weighted by Crippen LogP contribution is -2.17. The number of primary amides is 1. The van der Waals surface area contributed by atoms with Crippen LogP contribution < -0.4 is 16.4 Å². The van der Waals surface area contributed by atoms with Gasteiger partial charge in [0.2, 0.25) is 0 Å². The van der Waals surface area contributed by atoms with Gasteiger partial charge in [-0.1, -0.05) is 0 Å². The number of nitrogens with zero attached hydrogens (tertiary/aromatic N) is 2. The summed E-state index contributed by atoms with van der Waals surface area (Å²) in [5.74, 6) is -0.441. The van der Waals surface area contributed by atoms with Gasteiger partial charge in [-0.05, 0) is 30.3 Å². The van der Waals surface area contributed by atoms with Crippen molar-refractivity contribution in [2.24, 2.45) is 5.73 Å². The summed E-state index contributed by atoms with van der Waals surface area (Å²) < 4.78 is 12.9. The predicted molar refractivity (Wildman–Crippen MR) is 71.6 cm³/mol. The molecule has 6 heteroatoms. The van der Waals surface area contributed by atoms with E-state index in [-0.39, 0.29) is 17.1 Å². The zero-order chi connectivity index (χ0) is 14.0. The molecule has 0 aliphatic carbocycles. The second kappa shape index (κ2) is 4.93. The predicted octanol–water partition coefficient (Wildman–Crippen LogP) is 1.67. The van der Waals surface area contributed by atoms with E-state index in [9.17, 15) is 9.18 Å². The van der Waals surface area contributed by atoms with Crippen LogP contribution in [0.1, 0.15) is 10.4 Å². The molecule has 19 heavy (non-hydrogen) atoms. The molecule has 0 radical (unpaired) electrons. The van der Waals surface area contributed by atoms with Crippen molar-refractivity contribution in [3.05, 3.63) is 47.9 Å². The molecule has 98 valence electrons. The van der Waals surface area contributed by atoms with E-state index in [1.54, 1.807) is 24.1 Å². The third-order valence-corrected chi connectivity index (χ3v) is 2.74. The first-order valence-electron chi connectivity index (χ1n) is 5.53. The molecule has 0 bridgehead atoms. The number of nitrogens with two attached hydrogens (primary N) is 2. The van der Waals surface area contributed by atoms with Crippen molar-refractivity contribution in [1.82, 2.24) is 4.98 Å². The Kier molecular flexibility index (Phi) is 3.33. The summed E-state index contributed by atoms with van der Waals surface area (Å²) in [4.78, 5) is 17.0. The van der Waals surface area contributed by atoms with Gasteiger partial charge in [0.05, 0.1) is 17.4 Å². The zero-order valence-electron chi connectivity index (χ0n) is 10.3. The Morgan fingerprint density at radius 3 is 2.53 bits per heavy atom. The van der Waals surface area contributed by atoms with Gasteiger partial charge in [-0.2, -0.15) is 0 Å². The van der Waals surface area contributed by atoms with Crippen LogP contribution in [0.25, 0.3) is 0 Å². The molecule has 0 unspecified atom stereocenters. The minimum absolute atomic E-state index is 0.207. The van der Waals surface area contributed by atoms with Gasteiger partial charge in [0.1, 0.15) is 11.6 Å². The molecule has 0 saturated heterocycles. The van der Waals surface area contributed by atoms with Crippen LogP contribution in [-0.2, 0) is 0 Å². The number of amides is 1. The van der Waals surface area contributed by atoms with Crippen molar-refractivity contribution in [3.63, 3.8) is 0 Å². The Balaban J connectivity index is 2.38. The van der Waals surface area contributed by atoms with Crippen molar-refractivity contribution >= 4 is 23.1 Å². The molecule has 5 nitrogen and oxygen atoms in total. The summed E-state index contributed by atoms with van der Waals surface area (Å²) in [5.41, 5.74) is 12.0. The van der Waals surface area contributed by atoms with Crippen molar-refractivity contribution in [2.45, 2.75) is 0 Å². The smallest absolute Gasteiger partial charge is 0.250 e. The largest absolute Gasteiger partial charge is 0.397 e. The fourth-order valence-corrected chi connectivity index (χ4v) is 1.65. The molecule has 0 spiro atoms. The first kappa shape index (κ1) is 12.8. The molecule has 0 fully saturated rings. The third-order valence-electron chi connectivity index (χ3n) is 2.74. The number of aromatic nitrogens is 1. The molecule has 1 heterocycles. The molecule has 0 aliphatic heterocycles. The molecule has 1 aromatic heterocycles. The molecular formula is C13H13FN4O. The number of benzene rings is 1. The number of anilines is 3. The molecule has 4 N–H and O–H groups in total. The van der Waals surface area contributed by atoms with E-state index >= 15 is 0 Å². The van der Waals surface area contributed by atoms with Gasteiger partial charge in [0.15, 0.2) is 0 Å². The second-order valence-corrected chi connectivity index (χ2v) is 4.03. The van der Waals surface area contributed by atoms with Gasteiger partial charge in [0, 0.05) is 12.7 Å². The molecule has 2 rings (SSSR count). The summed E-state index contributed by atoms with van der Waals surface area (Å²) in [6.07, 6.45) is 1.37. The van der Waals surface area contributed by atoms with E-state index in [2.05, 4.69) is 4.98 Å². The molecule has 0 aliphatic rings. The number of rotatable bonds is 3. The Morgan fingerprint density at radius 2 is 1.95 bits per heavy atom. The first-order chi connectivity index (χ1) is 8.99. The number of carbonyl (C=O) groups is 1. The molecule has 2 aromatic rings. The lowest BCUT2D eigenvalue weighted by Gasteiger charge is -2.19. The molecule has 1 aromatic carbocycles. The van der Waals surface area contributed by atoms with Crippen LogP contribution in [0.5, 0.6) is 0 Å². The van der Waals surface area contributed by atoms with Gasteiger partial charge in [-0.15, -0.1) is 0 Å². The minimum Gasteiger partial charge on any atom is -0.397 e. The average Bonchev–Trinajstić information content (AvgIpc) is 2.39. The highest BCUT2D eigenvalue weighted by Crippen LogP contribution is 2.24. The van der Waals surface area contributed by atoms with E-state index in [1.165, 1.54) is 24.4 Å². The average molecular weight is 260 g/mol. The highest BCUT2D eigenvalue weighted by atomic mass is 19.1. The summed E-state index contributed by atoms with van der Waals surface area (Å²) in [5, 5.41) is 0. The number of halogens is 1. The van der Waals surface area contributed by atoms with Gasteiger partial charge in [-0.3, -0.25) is 4.79 Å². The second-order valence-electron chi connectivity index (χ2n) is 4.03. The van der Waals surface area contributed by atoms with Crippen LogP contribution in [-0.4, -0.2) is 17.9 Å². The summed E-state index contributed by atoms with van der Waals surface area (Å²) in [6, 6.07) is 7.41. The Bertz CT molecular complexity index is 613. The SMILES string of the molecule is CN(c1ccc(F)cc1)c1cc(C(N)=O)c(N)cn1. The van der Waals surface area contributed by atoms with Crippen molar-refractivity contribution in [2.75, 3.05) is 17.7 Å². The van der Waals surface area contributed by atoms with Gasteiger partial charge < -0.3 is 16.4 Å². The van der Waals surface area contributed by atoms with Gasteiger partial charge in [0.25, 0.3) is 5.91 Å². The Hall–Kier alpha value is -2.63.